The highest BCUT2D eigenvalue weighted by Crippen LogP contribution is 2.21. The van der Waals surface area contributed by atoms with Gasteiger partial charge in [0.05, 0.1) is 0 Å². The number of benzene rings is 2. The van der Waals surface area contributed by atoms with Crippen LogP contribution in [-0.4, -0.2) is 10.9 Å². The van der Waals surface area contributed by atoms with Crippen LogP contribution in [0.5, 0.6) is 0 Å². The van der Waals surface area contributed by atoms with Gasteiger partial charge >= 0.3 is 0 Å². The Balaban J connectivity index is 1.73. The first-order valence-electron chi connectivity index (χ1n) is 7.06. The van der Waals surface area contributed by atoms with Crippen molar-refractivity contribution in [2.24, 2.45) is 0 Å². The number of rotatable bonds is 4. The maximum absolute atomic E-state index is 12.3. The van der Waals surface area contributed by atoms with Crippen LogP contribution in [0.3, 0.4) is 0 Å². The van der Waals surface area contributed by atoms with Crippen LogP contribution in [0, 0.1) is 6.92 Å². The van der Waals surface area contributed by atoms with E-state index < -0.39 is 0 Å². The van der Waals surface area contributed by atoms with Gasteiger partial charge in [-0.1, -0.05) is 60.2 Å². The minimum atomic E-state index is -0.267. The fraction of sp³-hybridized carbons (Fsp3) is 0.111. The van der Waals surface area contributed by atoms with Crippen LogP contribution in [-0.2, 0) is 6.54 Å². The first kappa shape index (κ1) is 14.1. The third-order valence-electron chi connectivity index (χ3n) is 3.39. The Hall–Kier alpha value is -2.88. The first-order valence-corrected chi connectivity index (χ1v) is 7.06. The Kier molecular flexibility index (Phi) is 4.01. The summed E-state index contributed by atoms with van der Waals surface area (Å²) < 4.78 is 5.27. The molecule has 1 N–H and O–H groups in total. The number of amides is 1. The van der Waals surface area contributed by atoms with Gasteiger partial charge in [0.2, 0.25) is 5.76 Å². The van der Waals surface area contributed by atoms with E-state index in [0.717, 1.165) is 11.1 Å². The summed E-state index contributed by atoms with van der Waals surface area (Å²) in [6.07, 6.45) is 1.29. The maximum atomic E-state index is 12.3. The average molecular weight is 292 g/mol. The molecule has 4 nitrogen and oxygen atoms in total. The number of carbonyl (C=O) groups is 1. The molecular formula is C18H16N2O2. The highest BCUT2D eigenvalue weighted by atomic mass is 16.3. The number of oxazole rings is 1. The van der Waals surface area contributed by atoms with Crippen molar-refractivity contribution in [2.45, 2.75) is 13.5 Å². The summed E-state index contributed by atoms with van der Waals surface area (Å²) in [6, 6.07) is 17.5. The van der Waals surface area contributed by atoms with Gasteiger partial charge in [-0.2, -0.15) is 0 Å². The van der Waals surface area contributed by atoms with Crippen LogP contribution in [0.2, 0.25) is 0 Å². The number of nitrogens with zero attached hydrogens (tertiary/aromatic N) is 1. The Morgan fingerprint density at radius 2 is 1.82 bits per heavy atom. The van der Waals surface area contributed by atoms with Gasteiger partial charge in [-0.05, 0) is 12.5 Å². The van der Waals surface area contributed by atoms with Crippen molar-refractivity contribution in [3.05, 3.63) is 77.9 Å². The van der Waals surface area contributed by atoms with Crippen molar-refractivity contribution in [3.63, 3.8) is 0 Å². The normalized spacial score (nSPS) is 10.4. The molecule has 0 aliphatic heterocycles. The van der Waals surface area contributed by atoms with Crippen molar-refractivity contribution in [3.8, 4) is 11.3 Å². The molecule has 110 valence electrons. The smallest absolute Gasteiger partial charge is 0.289 e. The highest BCUT2D eigenvalue weighted by Gasteiger charge is 2.17. The molecule has 0 fully saturated rings. The molecule has 0 saturated heterocycles. The summed E-state index contributed by atoms with van der Waals surface area (Å²) in [4.78, 5) is 16.4. The molecule has 2 aromatic carbocycles. The molecular weight excluding hydrogens is 276 g/mol. The van der Waals surface area contributed by atoms with Gasteiger partial charge in [0, 0.05) is 12.1 Å². The third-order valence-corrected chi connectivity index (χ3v) is 3.39. The lowest BCUT2D eigenvalue weighted by atomic mass is 10.1. The Morgan fingerprint density at radius 1 is 1.09 bits per heavy atom. The molecule has 0 aliphatic rings. The summed E-state index contributed by atoms with van der Waals surface area (Å²) in [6.45, 7) is 2.48. The van der Waals surface area contributed by atoms with Crippen molar-refractivity contribution in [2.75, 3.05) is 0 Å². The van der Waals surface area contributed by atoms with E-state index in [9.17, 15) is 4.79 Å². The summed E-state index contributed by atoms with van der Waals surface area (Å²) in [5, 5.41) is 2.86. The first-order chi connectivity index (χ1) is 10.7. The van der Waals surface area contributed by atoms with E-state index in [1.165, 1.54) is 12.0 Å². The number of nitrogens with one attached hydrogen (secondary N) is 1. The van der Waals surface area contributed by atoms with E-state index in [1.807, 2.05) is 61.5 Å². The molecule has 1 amide bonds. The minimum absolute atomic E-state index is 0.235. The molecule has 3 aromatic rings. The zero-order valence-corrected chi connectivity index (χ0v) is 12.2. The lowest BCUT2D eigenvalue weighted by Crippen LogP contribution is -2.22. The molecule has 22 heavy (non-hydrogen) atoms. The second kappa shape index (κ2) is 6.26. The minimum Gasteiger partial charge on any atom is -0.438 e. The number of hydrogen-bond donors (Lipinski definition) is 1. The van der Waals surface area contributed by atoms with E-state index in [0.29, 0.717) is 12.2 Å². The average Bonchev–Trinajstić information content (AvgIpc) is 3.04. The van der Waals surface area contributed by atoms with Gasteiger partial charge < -0.3 is 9.73 Å². The summed E-state index contributed by atoms with van der Waals surface area (Å²) in [7, 11) is 0. The van der Waals surface area contributed by atoms with Crippen LogP contribution in [0.1, 0.15) is 21.7 Å². The van der Waals surface area contributed by atoms with Crippen LogP contribution < -0.4 is 5.32 Å². The van der Waals surface area contributed by atoms with Crippen LogP contribution in [0.15, 0.2) is 65.4 Å². The van der Waals surface area contributed by atoms with Crippen LogP contribution in [0.4, 0.5) is 0 Å². The SMILES string of the molecule is Cc1ccc(CNC(=O)c2ocnc2-c2ccccc2)cc1. The van der Waals surface area contributed by atoms with Crippen LogP contribution in [0.25, 0.3) is 11.3 Å². The second-order valence-electron chi connectivity index (χ2n) is 5.06. The molecule has 0 atom stereocenters. The number of hydrogen-bond acceptors (Lipinski definition) is 3. The predicted octanol–water partition coefficient (Wildman–Crippen LogP) is 3.58. The molecule has 4 heteroatoms. The predicted molar refractivity (Wildman–Crippen MR) is 84.3 cm³/mol. The van der Waals surface area contributed by atoms with Crippen molar-refractivity contribution < 1.29 is 9.21 Å². The van der Waals surface area contributed by atoms with Gasteiger partial charge in [0.15, 0.2) is 6.39 Å². The largest absolute Gasteiger partial charge is 0.438 e. The van der Waals surface area contributed by atoms with Crippen LogP contribution >= 0.6 is 0 Å². The lowest BCUT2D eigenvalue weighted by Gasteiger charge is -2.05. The zero-order valence-electron chi connectivity index (χ0n) is 12.2. The number of carbonyl (C=O) groups excluding carboxylic acids is 1. The van der Waals surface area contributed by atoms with Gasteiger partial charge in [-0.3, -0.25) is 4.79 Å². The Labute approximate surface area is 128 Å². The quantitative estimate of drug-likeness (QED) is 0.799. The molecule has 1 heterocycles. The molecule has 1 aromatic heterocycles. The van der Waals surface area contributed by atoms with E-state index in [4.69, 9.17) is 4.42 Å². The molecule has 0 aliphatic carbocycles. The molecule has 0 unspecified atom stereocenters. The maximum Gasteiger partial charge on any atom is 0.289 e. The molecule has 0 radical (unpaired) electrons. The monoisotopic (exact) mass is 292 g/mol. The zero-order chi connectivity index (χ0) is 15.4. The van der Waals surface area contributed by atoms with Crippen molar-refractivity contribution in [1.29, 1.82) is 0 Å². The van der Waals surface area contributed by atoms with E-state index >= 15 is 0 Å². The van der Waals surface area contributed by atoms with Gasteiger partial charge in [0.25, 0.3) is 5.91 Å². The fourth-order valence-electron chi connectivity index (χ4n) is 2.18. The Morgan fingerprint density at radius 3 is 2.55 bits per heavy atom. The number of aromatic nitrogens is 1. The molecule has 0 bridgehead atoms. The molecule has 3 rings (SSSR count). The standard InChI is InChI=1S/C18H16N2O2/c1-13-7-9-14(10-8-13)11-19-18(21)17-16(20-12-22-17)15-5-3-2-4-6-15/h2-10,12H,11H2,1H3,(H,19,21). The topological polar surface area (TPSA) is 55.1 Å². The van der Waals surface area contributed by atoms with E-state index in [2.05, 4.69) is 10.3 Å². The van der Waals surface area contributed by atoms with E-state index in [-0.39, 0.29) is 11.7 Å². The molecule has 0 spiro atoms. The summed E-state index contributed by atoms with van der Waals surface area (Å²) in [5.41, 5.74) is 3.65. The Bertz CT molecular complexity index is 761. The van der Waals surface area contributed by atoms with Gasteiger partial charge in [-0.25, -0.2) is 4.98 Å². The lowest BCUT2D eigenvalue weighted by molar-refractivity contribution is 0.0924. The van der Waals surface area contributed by atoms with Gasteiger partial charge in [-0.15, -0.1) is 0 Å². The van der Waals surface area contributed by atoms with Gasteiger partial charge in [0.1, 0.15) is 5.69 Å². The fourth-order valence-corrected chi connectivity index (χ4v) is 2.18. The summed E-state index contributed by atoms with van der Waals surface area (Å²) in [5.74, 6) is -0.0322. The van der Waals surface area contributed by atoms with Crippen molar-refractivity contribution >= 4 is 5.91 Å². The number of aryl methyl sites for hydroxylation is 1. The third kappa shape index (κ3) is 3.06. The highest BCUT2D eigenvalue weighted by molar-refractivity contribution is 5.97. The molecule has 0 saturated carbocycles. The van der Waals surface area contributed by atoms with E-state index in [1.54, 1.807) is 0 Å². The second-order valence-corrected chi connectivity index (χ2v) is 5.06. The van der Waals surface area contributed by atoms with Crippen molar-refractivity contribution in [1.82, 2.24) is 10.3 Å². The summed E-state index contributed by atoms with van der Waals surface area (Å²) >= 11 is 0.